The van der Waals surface area contributed by atoms with Gasteiger partial charge in [-0.25, -0.2) is 0 Å². The number of halogens is 1. The van der Waals surface area contributed by atoms with Crippen molar-refractivity contribution in [3.63, 3.8) is 0 Å². The summed E-state index contributed by atoms with van der Waals surface area (Å²) in [4.78, 5) is 16.1. The van der Waals surface area contributed by atoms with E-state index in [-0.39, 0.29) is 5.78 Å². The molecule has 0 saturated carbocycles. The van der Waals surface area contributed by atoms with Crippen LogP contribution in [-0.2, 0) is 31.1 Å². The highest BCUT2D eigenvalue weighted by molar-refractivity contribution is 6.32. The normalized spacial score (nSPS) is 10.8. The maximum absolute atomic E-state index is 12.1. The minimum Gasteiger partial charge on any atom is -0.299 e. The fraction of sp³-hybridized carbons (Fsp3) is 0.400. The molecule has 0 unspecified atom stereocenters. The number of hydrogen-bond acceptors (Lipinski definition) is 3. The number of rotatable bonds is 6. The Morgan fingerprint density at radius 2 is 2.25 bits per heavy atom. The largest absolute Gasteiger partial charge is 0.299 e. The summed E-state index contributed by atoms with van der Waals surface area (Å²) in [6.07, 6.45) is 5.84. The van der Waals surface area contributed by atoms with Crippen molar-refractivity contribution in [3.05, 3.63) is 46.5 Å². The summed E-state index contributed by atoms with van der Waals surface area (Å²) in [5.41, 5.74) is 2.73. The third kappa shape index (κ3) is 3.45. The molecule has 106 valence electrons. The van der Waals surface area contributed by atoms with Crippen molar-refractivity contribution in [3.8, 4) is 0 Å². The van der Waals surface area contributed by atoms with Gasteiger partial charge in [0.15, 0.2) is 0 Å². The molecule has 2 rings (SSSR count). The van der Waals surface area contributed by atoms with E-state index in [0.717, 1.165) is 23.4 Å². The molecule has 2 aromatic heterocycles. The van der Waals surface area contributed by atoms with Crippen molar-refractivity contribution < 1.29 is 4.79 Å². The van der Waals surface area contributed by atoms with Gasteiger partial charge in [0.05, 0.1) is 16.4 Å². The lowest BCUT2D eigenvalue weighted by molar-refractivity contribution is -0.118. The van der Waals surface area contributed by atoms with Crippen molar-refractivity contribution in [2.75, 3.05) is 0 Å². The topological polar surface area (TPSA) is 47.8 Å². The second kappa shape index (κ2) is 6.66. The molecule has 0 N–H and O–H groups in total. The van der Waals surface area contributed by atoms with Crippen molar-refractivity contribution in [2.24, 2.45) is 7.05 Å². The fourth-order valence-corrected chi connectivity index (χ4v) is 2.48. The van der Waals surface area contributed by atoms with Crippen LogP contribution in [0.5, 0.6) is 0 Å². The third-order valence-corrected chi connectivity index (χ3v) is 3.72. The summed E-state index contributed by atoms with van der Waals surface area (Å²) in [6.45, 7) is 2.00. The number of hydrogen-bond donors (Lipinski definition) is 0. The monoisotopic (exact) mass is 291 g/mol. The Labute approximate surface area is 123 Å². The second-order valence-corrected chi connectivity index (χ2v) is 5.14. The van der Waals surface area contributed by atoms with Gasteiger partial charge in [-0.1, -0.05) is 24.6 Å². The molecule has 0 atom stereocenters. The number of Topliss-reactive ketones (excluding diaryl/α,β-unsaturated/α-hetero) is 1. The minimum absolute atomic E-state index is 0.168. The zero-order valence-corrected chi connectivity index (χ0v) is 12.5. The number of pyridine rings is 1. The van der Waals surface area contributed by atoms with E-state index in [4.69, 9.17) is 11.6 Å². The summed E-state index contributed by atoms with van der Waals surface area (Å²) >= 11 is 6.25. The summed E-state index contributed by atoms with van der Waals surface area (Å²) in [6, 6.07) is 3.86. The number of aromatic nitrogens is 3. The Morgan fingerprint density at radius 3 is 2.85 bits per heavy atom. The van der Waals surface area contributed by atoms with Crippen molar-refractivity contribution in [1.82, 2.24) is 14.8 Å². The Balaban J connectivity index is 1.97. The van der Waals surface area contributed by atoms with Crippen molar-refractivity contribution in [1.29, 1.82) is 0 Å². The van der Waals surface area contributed by atoms with Crippen molar-refractivity contribution >= 4 is 17.4 Å². The summed E-state index contributed by atoms with van der Waals surface area (Å²) in [5, 5.41) is 4.95. The highest BCUT2D eigenvalue weighted by Crippen LogP contribution is 2.21. The van der Waals surface area contributed by atoms with Crippen LogP contribution in [0.4, 0.5) is 0 Å². The van der Waals surface area contributed by atoms with Crippen LogP contribution in [0.1, 0.15) is 30.3 Å². The van der Waals surface area contributed by atoms with Gasteiger partial charge in [-0.15, -0.1) is 0 Å². The predicted octanol–water partition coefficient (Wildman–Crippen LogP) is 2.78. The number of nitrogens with zero attached hydrogens (tertiary/aromatic N) is 3. The smallest absolute Gasteiger partial charge is 0.139 e. The van der Waals surface area contributed by atoms with Gasteiger partial charge in [0.1, 0.15) is 5.78 Å². The molecule has 0 amide bonds. The number of carbonyl (C=O) groups is 1. The molecule has 2 heterocycles. The van der Waals surface area contributed by atoms with Gasteiger partial charge in [0.25, 0.3) is 0 Å². The molecular weight excluding hydrogens is 274 g/mol. The highest BCUT2D eigenvalue weighted by atomic mass is 35.5. The highest BCUT2D eigenvalue weighted by Gasteiger charge is 2.15. The molecular formula is C15H18ClN3O. The Bertz CT molecular complexity index is 593. The minimum atomic E-state index is 0.168. The molecule has 0 aliphatic carbocycles. The third-order valence-electron chi connectivity index (χ3n) is 3.28. The van der Waals surface area contributed by atoms with Gasteiger partial charge in [0.2, 0.25) is 0 Å². The molecule has 0 aliphatic rings. The van der Waals surface area contributed by atoms with Crippen LogP contribution in [0.3, 0.4) is 0 Å². The lowest BCUT2D eigenvalue weighted by atomic mass is 10.1. The number of aryl methyl sites for hydroxylation is 3. The average Bonchev–Trinajstić information content (AvgIpc) is 2.73. The van der Waals surface area contributed by atoms with Crippen LogP contribution < -0.4 is 0 Å². The van der Waals surface area contributed by atoms with Gasteiger partial charge < -0.3 is 0 Å². The molecule has 0 saturated heterocycles. The van der Waals surface area contributed by atoms with Crippen LogP contribution in [0.2, 0.25) is 5.02 Å². The number of carbonyl (C=O) groups excluding carboxylic acids is 1. The van der Waals surface area contributed by atoms with Gasteiger partial charge in [-0.2, -0.15) is 5.10 Å². The van der Waals surface area contributed by atoms with E-state index < -0.39 is 0 Å². The van der Waals surface area contributed by atoms with Crippen LogP contribution in [0, 0.1) is 0 Å². The molecule has 0 aromatic carbocycles. The summed E-state index contributed by atoms with van der Waals surface area (Å²) in [5.74, 6) is 0.168. The second-order valence-electron chi connectivity index (χ2n) is 4.76. The summed E-state index contributed by atoms with van der Waals surface area (Å²) in [7, 11) is 1.83. The lowest BCUT2D eigenvalue weighted by Gasteiger charge is -2.03. The van der Waals surface area contributed by atoms with E-state index in [9.17, 15) is 4.79 Å². The number of ketones is 1. The first kappa shape index (κ1) is 14.7. The Morgan fingerprint density at radius 1 is 1.45 bits per heavy atom. The molecule has 0 bridgehead atoms. The van der Waals surface area contributed by atoms with E-state index in [1.54, 1.807) is 17.1 Å². The standard InChI is InChI=1S/C15H18ClN3O/c1-3-13-15(16)14(19(2)18-13)9-12(20)7-6-11-5-4-8-17-10-11/h4-5,8,10H,3,6-7,9H2,1-2H3. The first-order valence-electron chi connectivity index (χ1n) is 6.72. The Kier molecular flexibility index (Phi) is 4.90. The van der Waals surface area contributed by atoms with Crippen LogP contribution in [0.15, 0.2) is 24.5 Å². The first-order chi connectivity index (χ1) is 9.61. The molecule has 0 fully saturated rings. The fourth-order valence-electron chi connectivity index (χ4n) is 2.12. The Hall–Kier alpha value is -1.68. The molecule has 4 nitrogen and oxygen atoms in total. The molecule has 0 radical (unpaired) electrons. The molecule has 0 spiro atoms. The van der Waals surface area contributed by atoms with E-state index in [1.807, 2.05) is 26.1 Å². The molecule has 0 aliphatic heterocycles. The molecule has 20 heavy (non-hydrogen) atoms. The van der Waals surface area contributed by atoms with Gasteiger partial charge in [-0.05, 0) is 24.5 Å². The van der Waals surface area contributed by atoms with E-state index in [1.165, 1.54) is 0 Å². The van der Waals surface area contributed by atoms with E-state index in [0.29, 0.717) is 24.3 Å². The maximum Gasteiger partial charge on any atom is 0.139 e. The predicted molar refractivity (Wildman–Crippen MR) is 78.9 cm³/mol. The average molecular weight is 292 g/mol. The molecule has 2 aromatic rings. The maximum atomic E-state index is 12.1. The van der Waals surface area contributed by atoms with Gasteiger partial charge in [0, 0.05) is 32.3 Å². The summed E-state index contributed by atoms with van der Waals surface area (Å²) < 4.78 is 1.71. The first-order valence-corrected chi connectivity index (χ1v) is 7.10. The van der Waals surface area contributed by atoms with Gasteiger partial charge in [-0.3, -0.25) is 14.5 Å². The van der Waals surface area contributed by atoms with Crippen LogP contribution >= 0.6 is 11.6 Å². The molecule has 5 heteroatoms. The zero-order chi connectivity index (χ0) is 14.5. The SMILES string of the molecule is CCc1nn(C)c(CC(=O)CCc2cccnc2)c1Cl. The van der Waals surface area contributed by atoms with E-state index >= 15 is 0 Å². The zero-order valence-electron chi connectivity index (χ0n) is 11.8. The van der Waals surface area contributed by atoms with Gasteiger partial charge >= 0.3 is 0 Å². The van der Waals surface area contributed by atoms with Crippen molar-refractivity contribution in [2.45, 2.75) is 32.6 Å². The van der Waals surface area contributed by atoms with Crippen LogP contribution in [0.25, 0.3) is 0 Å². The lowest BCUT2D eigenvalue weighted by Crippen LogP contribution is -2.08. The quantitative estimate of drug-likeness (QED) is 0.822. The van der Waals surface area contributed by atoms with E-state index in [2.05, 4.69) is 10.1 Å². The van der Waals surface area contributed by atoms with Crippen LogP contribution in [-0.4, -0.2) is 20.5 Å².